The Bertz CT molecular complexity index is 377. The molecule has 1 saturated heterocycles. The first kappa shape index (κ1) is 13.4. The second-order valence-electron chi connectivity index (χ2n) is 4.69. The van der Waals surface area contributed by atoms with Crippen LogP contribution < -0.4 is 11.1 Å². The topological polar surface area (TPSA) is 55.1 Å². The van der Waals surface area contributed by atoms with Crippen LogP contribution in [-0.4, -0.2) is 29.5 Å². The summed E-state index contributed by atoms with van der Waals surface area (Å²) in [6.45, 7) is 0. The number of rotatable bonds is 4. The van der Waals surface area contributed by atoms with Crippen molar-refractivity contribution in [2.24, 2.45) is 5.73 Å². The molecule has 0 aromatic heterocycles. The Labute approximate surface area is 113 Å². The summed E-state index contributed by atoms with van der Waals surface area (Å²) in [6, 6.07) is 9.79. The van der Waals surface area contributed by atoms with Crippen LogP contribution in [0.25, 0.3) is 0 Å². The van der Waals surface area contributed by atoms with Gasteiger partial charge < -0.3 is 11.1 Å². The number of nitrogens with one attached hydrogen (secondary N) is 1. The molecular weight excluding hydrogens is 244 g/mol. The van der Waals surface area contributed by atoms with Gasteiger partial charge in [0.25, 0.3) is 0 Å². The molecule has 4 heteroatoms. The maximum Gasteiger partial charge on any atom is 0.237 e. The quantitative estimate of drug-likeness (QED) is 0.868. The molecule has 1 aromatic rings. The van der Waals surface area contributed by atoms with Crippen molar-refractivity contribution in [1.29, 1.82) is 0 Å². The largest absolute Gasteiger partial charge is 0.352 e. The van der Waals surface area contributed by atoms with Crippen LogP contribution in [-0.2, 0) is 11.2 Å². The molecule has 1 aromatic carbocycles. The van der Waals surface area contributed by atoms with Crippen LogP contribution in [0.2, 0.25) is 0 Å². The molecular formula is C14H20N2OS. The zero-order chi connectivity index (χ0) is 12.8. The second kappa shape index (κ2) is 6.81. The first-order valence-corrected chi connectivity index (χ1v) is 7.59. The van der Waals surface area contributed by atoms with Gasteiger partial charge in [-0.25, -0.2) is 0 Å². The van der Waals surface area contributed by atoms with Gasteiger partial charge in [-0.3, -0.25) is 4.79 Å². The molecule has 0 radical (unpaired) electrons. The van der Waals surface area contributed by atoms with E-state index in [9.17, 15) is 4.79 Å². The normalized spacial score (nSPS) is 18.3. The molecule has 1 atom stereocenters. The van der Waals surface area contributed by atoms with Gasteiger partial charge in [-0.1, -0.05) is 30.3 Å². The zero-order valence-electron chi connectivity index (χ0n) is 10.5. The smallest absolute Gasteiger partial charge is 0.237 e. The first-order chi connectivity index (χ1) is 8.75. The van der Waals surface area contributed by atoms with E-state index in [1.54, 1.807) is 0 Å². The Morgan fingerprint density at radius 3 is 2.67 bits per heavy atom. The molecule has 0 unspecified atom stereocenters. The van der Waals surface area contributed by atoms with Gasteiger partial charge in [-0.15, -0.1) is 0 Å². The van der Waals surface area contributed by atoms with Crippen molar-refractivity contribution in [2.75, 3.05) is 11.5 Å². The summed E-state index contributed by atoms with van der Waals surface area (Å²) in [5, 5.41) is 3.06. The van der Waals surface area contributed by atoms with Crippen LogP contribution in [0.1, 0.15) is 18.4 Å². The Morgan fingerprint density at radius 2 is 2.00 bits per heavy atom. The van der Waals surface area contributed by atoms with Crippen molar-refractivity contribution in [1.82, 2.24) is 5.32 Å². The summed E-state index contributed by atoms with van der Waals surface area (Å²) in [4.78, 5) is 12.0. The van der Waals surface area contributed by atoms with Crippen LogP contribution in [0, 0.1) is 0 Å². The number of carbonyl (C=O) groups is 1. The van der Waals surface area contributed by atoms with E-state index in [0.29, 0.717) is 12.5 Å². The third-order valence-corrected chi connectivity index (χ3v) is 4.25. The van der Waals surface area contributed by atoms with Crippen LogP contribution in [0.15, 0.2) is 30.3 Å². The van der Waals surface area contributed by atoms with E-state index >= 15 is 0 Å². The Kier molecular flexibility index (Phi) is 5.08. The Hall–Kier alpha value is -1.00. The highest BCUT2D eigenvalue weighted by Gasteiger charge is 2.20. The summed E-state index contributed by atoms with van der Waals surface area (Å²) in [5.74, 6) is 2.26. The standard InChI is InChI=1S/C14H20N2OS/c15-13(10-11-4-2-1-3-5-11)14(17)16-12-6-8-18-9-7-12/h1-5,12-13H,6-10,15H2,(H,16,17)/t13-/m0/s1. The summed E-state index contributed by atoms with van der Waals surface area (Å²) in [5.41, 5.74) is 7.06. The lowest BCUT2D eigenvalue weighted by Crippen LogP contribution is -2.47. The predicted octanol–water partition coefficient (Wildman–Crippen LogP) is 1.57. The van der Waals surface area contributed by atoms with Gasteiger partial charge in [-0.2, -0.15) is 11.8 Å². The average Bonchev–Trinajstić information content (AvgIpc) is 2.41. The summed E-state index contributed by atoms with van der Waals surface area (Å²) >= 11 is 1.95. The van der Waals surface area contributed by atoms with E-state index in [2.05, 4.69) is 5.32 Å². The van der Waals surface area contributed by atoms with E-state index < -0.39 is 6.04 Å². The number of carbonyl (C=O) groups excluding carboxylic acids is 1. The molecule has 18 heavy (non-hydrogen) atoms. The SMILES string of the molecule is N[C@@H](Cc1ccccc1)C(=O)NC1CCSCC1. The van der Waals surface area contributed by atoms with Crippen LogP contribution in [0.3, 0.4) is 0 Å². The third kappa shape index (κ3) is 4.03. The van der Waals surface area contributed by atoms with Crippen LogP contribution in [0.5, 0.6) is 0 Å². The molecule has 1 aliphatic heterocycles. The zero-order valence-corrected chi connectivity index (χ0v) is 11.3. The van der Waals surface area contributed by atoms with Crippen molar-refractivity contribution >= 4 is 17.7 Å². The Balaban J connectivity index is 1.81. The van der Waals surface area contributed by atoms with Crippen molar-refractivity contribution in [3.8, 4) is 0 Å². The molecule has 1 aliphatic rings. The van der Waals surface area contributed by atoms with Crippen LogP contribution in [0.4, 0.5) is 0 Å². The molecule has 1 fully saturated rings. The fourth-order valence-electron chi connectivity index (χ4n) is 2.11. The molecule has 98 valence electrons. The molecule has 1 heterocycles. The molecule has 0 bridgehead atoms. The minimum absolute atomic E-state index is 0.0178. The van der Waals surface area contributed by atoms with E-state index in [1.165, 1.54) is 0 Å². The highest BCUT2D eigenvalue weighted by Crippen LogP contribution is 2.17. The lowest BCUT2D eigenvalue weighted by atomic mass is 10.1. The maximum atomic E-state index is 12.0. The number of nitrogens with two attached hydrogens (primary N) is 1. The number of hydrogen-bond acceptors (Lipinski definition) is 3. The van der Waals surface area contributed by atoms with E-state index in [1.807, 2.05) is 42.1 Å². The highest BCUT2D eigenvalue weighted by molar-refractivity contribution is 7.99. The van der Waals surface area contributed by atoms with Gasteiger partial charge in [0.2, 0.25) is 5.91 Å². The van der Waals surface area contributed by atoms with Crippen LogP contribution >= 0.6 is 11.8 Å². The number of thioether (sulfide) groups is 1. The minimum Gasteiger partial charge on any atom is -0.352 e. The maximum absolute atomic E-state index is 12.0. The number of hydrogen-bond donors (Lipinski definition) is 2. The van der Waals surface area contributed by atoms with Gasteiger partial charge in [0, 0.05) is 6.04 Å². The summed E-state index contributed by atoms with van der Waals surface area (Å²) in [6.07, 6.45) is 2.73. The molecule has 0 saturated carbocycles. The number of benzene rings is 1. The van der Waals surface area contributed by atoms with Crippen molar-refractivity contribution in [2.45, 2.75) is 31.3 Å². The van der Waals surface area contributed by atoms with E-state index in [-0.39, 0.29) is 5.91 Å². The lowest BCUT2D eigenvalue weighted by Gasteiger charge is -2.24. The summed E-state index contributed by atoms with van der Waals surface area (Å²) < 4.78 is 0. The van der Waals surface area contributed by atoms with Gasteiger partial charge in [0.15, 0.2) is 0 Å². The molecule has 3 N–H and O–H groups in total. The predicted molar refractivity (Wildman–Crippen MR) is 76.6 cm³/mol. The highest BCUT2D eigenvalue weighted by atomic mass is 32.2. The molecule has 0 spiro atoms. The minimum atomic E-state index is -0.443. The number of amides is 1. The lowest BCUT2D eigenvalue weighted by molar-refractivity contribution is -0.123. The van der Waals surface area contributed by atoms with Gasteiger partial charge in [-0.05, 0) is 36.3 Å². The van der Waals surface area contributed by atoms with E-state index in [0.717, 1.165) is 29.9 Å². The molecule has 0 aliphatic carbocycles. The van der Waals surface area contributed by atoms with Crippen molar-refractivity contribution in [3.05, 3.63) is 35.9 Å². The fraction of sp³-hybridized carbons (Fsp3) is 0.500. The fourth-order valence-corrected chi connectivity index (χ4v) is 3.22. The van der Waals surface area contributed by atoms with Crippen molar-refractivity contribution < 1.29 is 4.79 Å². The first-order valence-electron chi connectivity index (χ1n) is 6.43. The average molecular weight is 264 g/mol. The third-order valence-electron chi connectivity index (χ3n) is 3.20. The van der Waals surface area contributed by atoms with Gasteiger partial charge >= 0.3 is 0 Å². The van der Waals surface area contributed by atoms with Crippen molar-refractivity contribution in [3.63, 3.8) is 0 Å². The molecule has 2 rings (SSSR count). The monoisotopic (exact) mass is 264 g/mol. The summed E-state index contributed by atoms with van der Waals surface area (Å²) in [7, 11) is 0. The molecule has 3 nitrogen and oxygen atoms in total. The van der Waals surface area contributed by atoms with E-state index in [4.69, 9.17) is 5.73 Å². The van der Waals surface area contributed by atoms with Gasteiger partial charge in [0.05, 0.1) is 6.04 Å². The Morgan fingerprint density at radius 1 is 1.33 bits per heavy atom. The molecule has 1 amide bonds. The van der Waals surface area contributed by atoms with Gasteiger partial charge in [0.1, 0.15) is 0 Å². The second-order valence-corrected chi connectivity index (χ2v) is 5.92.